The smallest absolute Gasteiger partial charge is 0.170 e. The summed E-state index contributed by atoms with van der Waals surface area (Å²) in [6.45, 7) is 10.5. The number of halogens is 1. The minimum Gasteiger partial charge on any atom is -0.493 e. The molecule has 0 bridgehead atoms. The van der Waals surface area contributed by atoms with Crippen molar-refractivity contribution in [2.24, 2.45) is 11.8 Å². The Labute approximate surface area is 138 Å². The highest BCUT2D eigenvalue weighted by molar-refractivity contribution is 6.32. The molecule has 122 valence electrons. The molecule has 3 nitrogen and oxygen atoms in total. The standard InChI is InChI=1S/C18H26ClNO2/c1-11(2)10-22-15-9-12(3)17(19)13(4)16(15)18(21)14-5-7-20-8-6-14/h9,11,14,20H,5-8,10H2,1-4H3. The molecule has 1 aliphatic heterocycles. The van der Waals surface area contributed by atoms with Crippen LogP contribution in [0.3, 0.4) is 0 Å². The molecule has 22 heavy (non-hydrogen) atoms. The van der Waals surface area contributed by atoms with E-state index in [-0.39, 0.29) is 11.7 Å². The number of Topliss-reactive ketones (excluding diaryl/α,β-unsaturated/α-hetero) is 1. The van der Waals surface area contributed by atoms with Crippen LogP contribution in [0.4, 0.5) is 0 Å². The van der Waals surface area contributed by atoms with Crippen LogP contribution in [0.1, 0.15) is 48.2 Å². The van der Waals surface area contributed by atoms with Gasteiger partial charge < -0.3 is 10.1 Å². The van der Waals surface area contributed by atoms with Gasteiger partial charge in [0, 0.05) is 10.9 Å². The fourth-order valence-electron chi connectivity index (χ4n) is 2.89. The third-order valence-electron chi connectivity index (χ3n) is 4.17. The Kier molecular flexibility index (Phi) is 5.87. The number of hydrogen-bond donors (Lipinski definition) is 1. The van der Waals surface area contributed by atoms with Crippen LogP contribution in [0.15, 0.2) is 6.07 Å². The lowest BCUT2D eigenvalue weighted by atomic mass is 9.87. The summed E-state index contributed by atoms with van der Waals surface area (Å²) in [6, 6.07) is 1.91. The molecule has 1 heterocycles. The Morgan fingerprint density at radius 3 is 2.59 bits per heavy atom. The largest absolute Gasteiger partial charge is 0.493 e. The molecule has 0 atom stereocenters. The van der Waals surface area contributed by atoms with E-state index in [0.29, 0.717) is 28.9 Å². The molecular weight excluding hydrogens is 298 g/mol. The van der Waals surface area contributed by atoms with Crippen LogP contribution in [-0.4, -0.2) is 25.5 Å². The third kappa shape index (κ3) is 3.82. The molecule has 0 spiro atoms. The minimum atomic E-state index is 0.0696. The van der Waals surface area contributed by atoms with Gasteiger partial charge in [-0.1, -0.05) is 25.4 Å². The topological polar surface area (TPSA) is 38.3 Å². The quantitative estimate of drug-likeness (QED) is 0.826. The van der Waals surface area contributed by atoms with Crippen molar-refractivity contribution in [3.8, 4) is 5.75 Å². The van der Waals surface area contributed by atoms with Gasteiger partial charge >= 0.3 is 0 Å². The molecule has 4 heteroatoms. The Morgan fingerprint density at radius 1 is 1.36 bits per heavy atom. The van der Waals surface area contributed by atoms with Crippen LogP contribution < -0.4 is 10.1 Å². The maximum Gasteiger partial charge on any atom is 0.170 e. The summed E-state index contributed by atoms with van der Waals surface area (Å²) in [5.41, 5.74) is 2.49. The van der Waals surface area contributed by atoms with Crippen molar-refractivity contribution in [2.45, 2.75) is 40.5 Å². The minimum absolute atomic E-state index is 0.0696. The van der Waals surface area contributed by atoms with Crippen molar-refractivity contribution < 1.29 is 9.53 Å². The van der Waals surface area contributed by atoms with E-state index in [0.717, 1.165) is 37.1 Å². The average Bonchev–Trinajstić information content (AvgIpc) is 2.51. The monoisotopic (exact) mass is 323 g/mol. The molecule has 0 saturated carbocycles. The van der Waals surface area contributed by atoms with Crippen LogP contribution in [0.25, 0.3) is 0 Å². The van der Waals surface area contributed by atoms with Gasteiger partial charge in [-0.15, -0.1) is 0 Å². The summed E-state index contributed by atoms with van der Waals surface area (Å²) in [5, 5.41) is 3.98. The number of nitrogens with one attached hydrogen (secondary N) is 1. The SMILES string of the molecule is Cc1cc(OCC(C)C)c(C(=O)C2CCNCC2)c(C)c1Cl. The van der Waals surface area contributed by atoms with E-state index in [1.165, 1.54) is 0 Å². The van der Waals surface area contributed by atoms with E-state index >= 15 is 0 Å². The van der Waals surface area contributed by atoms with Crippen molar-refractivity contribution in [1.82, 2.24) is 5.32 Å². The number of benzene rings is 1. The number of ketones is 1. The summed E-state index contributed by atoms with van der Waals surface area (Å²) in [7, 11) is 0. The predicted molar refractivity (Wildman–Crippen MR) is 91.2 cm³/mol. The number of hydrogen-bond acceptors (Lipinski definition) is 3. The van der Waals surface area contributed by atoms with Gasteiger partial charge in [0.25, 0.3) is 0 Å². The van der Waals surface area contributed by atoms with E-state index in [1.807, 2.05) is 19.9 Å². The fourth-order valence-corrected chi connectivity index (χ4v) is 3.04. The molecule has 1 N–H and O–H groups in total. The molecule has 0 aliphatic carbocycles. The molecule has 1 aliphatic rings. The molecule has 0 aromatic heterocycles. The first-order valence-electron chi connectivity index (χ1n) is 8.09. The molecule has 2 rings (SSSR count). The van der Waals surface area contributed by atoms with Crippen LogP contribution in [0, 0.1) is 25.7 Å². The second kappa shape index (κ2) is 7.47. The molecule has 1 saturated heterocycles. The average molecular weight is 324 g/mol. The van der Waals surface area contributed by atoms with Crippen molar-refractivity contribution in [3.05, 3.63) is 27.8 Å². The lowest BCUT2D eigenvalue weighted by molar-refractivity contribution is 0.0889. The van der Waals surface area contributed by atoms with Crippen LogP contribution in [0.5, 0.6) is 5.75 Å². The summed E-state index contributed by atoms with van der Waals surface area (Å²) >= 11 is 6.38. The molecule has 1 aromatic carbocycles. The summed E-state index contributed by atoms with van der Waals surface area (Å²) < 4.78 is 5.93. The maximum atomic E-state index is 13.0. The van der Waals surface area contributed by atoms with Gasteiger partial charge in [0.2, 0.25) is 0 Å². The highest BCUT2D eigenvalue weighted by Gasteiger charge is 2.27. The first kappa shape index (κ1) is 17.3. The predicted octanol–water partition coefficient (Wildman–Crippen LogP) is 4.17. The number of piperidine rings is 1. The third-order valence-corrected chi connectivity index (χ3v) is 4.75. The van der Waals surface area contributed by atoms with Crippen molar-refractivity contribution in [1.29, 1.82) is 0 Å². The maximum absolute atomic E-state index is 13.0. The zero-order valence-electron chi connectivity index (χ0n) is 14.0. The van der Waals surface area contributed by atoms with E-state index in [4.69, 9.17) is 16.3 Å². The molecule has 0 amide bonds. The van der Waals surface area contributed by atoms with Gasteiger partial charge in [-0.05, 0) is 62.9 Å². The number of rotatable bonds is 5. The Hall–Kier alpha value is -1.06. The highest BCUT2D eigenvalue weighted by Crippen LogP contribution is 2.35. The normalized spacial score (nSPS) is 16.1. The zero-order chi connectivity index (χ0) is 16.3. The lowest BCUT2D eigenvalue weighted by Gasteiger charge is -2.24. The number of carbonyl (C=O) groups is 1. The Bertz CT molecular complexity index is 549. The summed E-state index contributed by atoms with van der Waals surface area (Å²) in [5.74, 6) is 1.36. The van der Waals surface area contributed by atoms with Gasteiger partial charge in [0.1, 0.15) is 5.75 Å². The highest BCUT2D eigenvalue weighted by atomic mass is 35.5. The molecule has 0 radical (unpaired) electrons. The van der Waals surface area contributed by atoms with Crippen molar-refractivity contribution in [3.63, 3.8) is 0 Å². The van der Waals surface area contributed by atoms with E-state index < -0.39 is 0 Å². The number of ether oxygens (including phenoxy) is 1. The molecule has 1 fully saturated rings. The van der Waals surface area contributed by atoms with Gasteiger partial charge in [-0.3, -0.25) is 4.79 Å². The molecule has 0 unspecified atom stereocenters. The zero-order valence-corrected chi connectivity index (χ0v) is 14.7. The fraction of sp³-hybridized carbons (Fsp3) is 0.611. The second-order valence-electron chi connectivity index (χ2n) is 6.60. The first-order chi connectivity index (χ1) is 10.4. The second-order valence-corrected chi connectivity index (χ2v) is 6.98. The van der Waals surface area contributed by atoms with Gasteiger partial charge in [-0.25, -0.2) is 0 Å². The van der Waals surface area contributed by atoms with Gasteiger partial charge in [-0.2, -0.15) is 0 Å². The Morgan fingerprint density at radius 2 is 2.00 bits per heavy atom. The van der Waals surface area contributed by atoms with Crippen molar-refractivity contribution in [2.75, 3.05) is 19.7 Å². The van der Waals surface area contributed by atoms with E-state index in [1.54, 1.807) is 0 Å². The van der Waals surface area contributed by atoms with Crippen LogP contribution in [0.2, 0.25) is 5.02 Å². The van der Waals surface area contributed by atoms with E-state index in [2.05, 4.69) is 19.2 Å². The summed E-state index contributed by atoms with van der Waals surface area (Å²) in [6.07, 6.45) is 1.76. The molecule has 1 aromatic rings. The lowest BCUT2D eigenvalue weighted by Crippen LogP contribution is -2.32. The van der Waals surface area contributed by atoms with Crippen molar-refractivity contribution >= 4 is 17.4 Å². The number of aryl methyl sites for hydroxylation is 1. The van der Waals surface area contributed by atoms with Crippen LogP contribution in [-0.2, 0) is 0 Å². The summed E-state index contributed by atoms with van der Waals surface area (Å²) in [4.78, 5) is 13.0. The van der Waals surface area contributed by atoms with Gasteiger partial charge in [0.15, 0.2) is 5.78 Å². The van der Waals surface area contributed by atoms with Gasteiger partial charge in [0.05, 0.1) is 12.2 Å². The molecular formula is C18H26ClNO2. The Balaban J connectivity index is 2.37. The first-order valence-corrected chi connectivity index (χ1v) is 8.47. The van der Waals surface area contributed by atoms with Crippen LogP contribution >= 0.6 is 11.6 Å². The number of carbonyl (C=O) groups excluding carboxylic acids is 1. The van der Waals surface area contributed by atoms with E-state index in [9.17, 15) is 4.79 Å².